The first-order valence-corrected chi connectivity index (χ1v) is 5.99. The van der Waals surface area contributed by atoms with Crippen molar-refractivity contribution in [1.82, 2.24) is 14.9 Å². The third kappa shape index (κ3) is 5.04. The molecule has 8 nitrogen and oxygen atoms in total. The van der Waals surface area contributed by atoms with Gasteiger partial charge in [-0.15, -0.1) is 0 Å². The highest BCUT2D eigenvalue weighted by molar-refractivity contribution is 5.75. The van der Waals surface area contributed by atoms with Crippen LogP contribution in [0.1, 0.15) is 26.7 Å². The van der Waals surface area contributed by atoms with Gasteiger partial charge in [0.05, 0.1) is 5.60 Å². The lowest BCUT2D eigenvalue weighted by molar-refractivity contribution is -0.389. The maximum absolute atomic E-state index is 11.5. The molecule has 0 spiro atoms. The fraction of sp³-hybridized carbons (Fsp3) is 0.636. The zero-order valence-electron chi connectivity index (χ0n) is 11.0. The topological polar surface area (TPSA) is 110 Å². The molecule has 8 heteroatoms. The lowest BCUT2D eigenvalue weighted by atomic mass is 10.0. The Hall–Kier alpha value is -1.96. The number of rotatable bonds is 7. The number of nitro groups is 1. The minimum absolute atomic E-state index is 0.174. The second-order valence-corrected chi connectivity index (χ2v) is 4.60. The van der Waals surface area contributed by atoms with Gasteiger partial charge in [-0.05, 0) is 23.3 Å². The number of imidazole rings is 1. The molecule has 1 amide bonds. The number of amides is 1. The molecule has 0 saturated carbocycles. The van der Waals surface area contributed by atoms with Gasteiger partial charge in [0.1, 0.15) is 6.20 Å². The van der Waals surface area contributed by atoms with Gasteiger partial charge in [0.2, 0.25) is 12.2 Å². The molecule has 0 aromatic carbocycles. The van der Waals surface area contributed by atoms with E-state index in [1.165, 1.54) is 17.1 Å². The third-order valence-corrected chi connectivity index (χ3v) is 2.83. The molecule has 1 unspecified atom stereocenters. The molecule has 1 atom stereocenters. The molecule has 1 heterocycles. The lowest BCUT2D eigenvalue weighted by Gasteiger charge is -2.21. The molecule has 1 aromatic heterocycles. The fourth-order valence-corrected chi connectivity index (χ4v) is 1.30. The van der Waals surface area contributed by atoms with E-state index in [0.717, 1.165) is 0 Å². The monoisotopic (exact) mass is 270 g/mol. The molecule has 1 rings (SSSR count). The largest absolute Gasteiger partial charge is 0.388 e. The summed E-state index contributed by atoms with van der Waals surface area (Å²) >= 11 is 0. The van der Waals surface area contributed by atoms with Crippen molar-refractivity contribution in [2.45, 2.75) is 38.8 Å². The molecule has 0 fully saturated rings. The SMILES string of the molecule is CCC(C)(O)CNC(=O)CCn1cnc([N+](=O)[O-])c1. The molecule has 0 saturated heterocycles. The Balaban J connectivity index is 2.35. The molecule has 0 bridgehead atoms. The van der Waals surface area contributed by atoms with Gasteiger partial charge in [0, 0.05) is 19.5 Å². The van der Waals surface area contributed by atoms with Gasteiger partial charge < -0.3 is 25.1 Å². The van der Waals surface area contributed by atoms with Gasteiger partial charge in [-0.2, -0.15) is 0 Å². The minimum atomic E-state index is -0.913. The van der Waals surface area contributed by atoms with Crippen molar-refractivity contribution in [3.8, 4) is 0 Å². The fourth-order valence-electron chi connectivity index (χ4n) is 1.30. The Morgan fingerprint density at radius 3 is 2.89 bits per heavy atom. The van der Waals surface area contributed by atoms with Crippen LogP contribution in [0.2, 0.25) is 0 Å². The lowest BCUT2D eigenvalue weighted by Crippen LogP contribution is -2.40. The molecule has 0 radical (unpaired) electrons. The number of carbonyl (C=O) groups excluding carboxylic acids is 1. The first-order valence-electron chi connectivity index (χ1n) is 5.99. The molecule has 0 aliphatic rings. The van der Waals surface area contributed by atoms with Gasteiger partial charge in [-0.25, -0.2) is 0 Å². The molecular weight excluding hydrogens is 252 g/mol. The number of aromatic nitrogens is 2. The van der Waals surface area contributed by atoms with Crippen LogP contribution in [0.25, 0.3) is 0 Å². The van der Waals surface area contributed by atoms with Crippen LogP contribution in [-0.2, 0) is 11.3 Å². The Morgan fingerprint density at radius 1 is 1.68 bits per heavy atom. The molecule has 19 heavy (non-hydrogen) atoms. The molecule has 2 N–H and O–H groups in total. The van der Waals surface area contributed by atoms with E-state index >= 15 is 0 Å². The van der Waals surface area contributed by atoms with Crippen LogP contribution >= 0.6 is 0 Å². The van der Waals surface area contributed by atoms with Gasteiger partial charge in [-0.1, -0.05) is 6.92 Å². The van der Waals surface area contributed by atoms with Crippen molar-refractivity contribution < 1.29 is 14.8 Å². The Morgan fingerprint density at radius 2 is 2.37 bits per heavy atom. The van der Waals surface area contributed by atoms with E-state index in [-0.39, 0.29) is 24.7 Å². The smallest absolute Gasteiger partial charge is 0.381 e. The first-order chi connectivity index (χ1) is 8.84. The number of carbonyl (C=O) groups is 1. The summed E-state index contributed by atoms with van der Waals surface area (Å²) in [6.45, 7) is 3.97. The second kappa shape index (κ2) is 6.28. The van der Waals surface area contributed by atoms with Crippen molar-refractivity contribution in [3.05, 3.63) is 22.6 Å². The number of hydrogen-bond donors (Lipinski definition) is 2. The predicted octanol–water partition coefficient (Wildman–Crippen LogP) is 0.459. The standard InChI is InChI=1S/C11H18N4O4/c1-3-11(2,17)7-12-10(16)4-5-14-6-9(13-8-14)15(18)19/h6,8,17H,3-5,7H2,1-2H3,(H,12,16). The van der Waals surface area contributed by atoms with Crippen LogP contribution in [0.4, 0.5) is 5.82 Å². The van der Waals surface area contributed by atoms with Crippen molar-refractivity contribution >= 4 is 11.7 Å². The molecule has 106 valence electrons. The third-order valence-electron chi connectivity index (χ3n) is 2.83. The summed E-state index contributed by atoms with van der Waals surface area (Å²) in [7, 11) is 0. The van der Waals surface area contributed by atoms with Gasteiger partial charge in [0.25, 0.3) is 0 Å². The number of aryl methyl sites for hydroxylation is 1. The molecular formula is C11H18N4O4. The van der Waals surface area contributed by atoms with Gasteiger partial charge in [-0.3, -0.25) is 4.79 Å². The highest BCUT2D eigenvalue weighted by Crippen LogP contribution is 2.07. The average Bonchev–Trinajstić information content (AvgIpc) is 2.83. The number of nitrogens with one attached hydrogen (secondary N) is 1. The maximum atomic E-state index is 11.5. The van der Waals surface area contributed by atoms with Gasteiger partial charge >= 0.3 is 5.82 Å². The van der Waals surface area contributed by atoms with E-state index in [9.17, 15) is 20.0 Å². The van der Waals surface area contributed by atoms with Crippen molar-refractivity contribution in [2.24, 2.45) is 0 Å². The summed E-state index contributed by atoms with van der Waals surface area (Å²) < 4.78 is 1.48. The van der Waals surface area contributed by atoms with Crippen molar-refractivity contribution in [1.29, 1.82) is 0 Å². The van der Waals surface area contributed by atoms with Gasteiger partial charge in [0.15, 0.2) is 0 Å². The summed E-state index contributed by atoms with van der Waals surface area (Å²) in [6, 6.07) is 0. The summed E-state index contributed by atoms with van der Waals surface area (Å²) in [5, 5.41) is 22.8. The summed E-state index contributed by atoms with van der Waals surface area (Å²) in [4.78, 5) is 24.9. The van der Waals surface area contributed by atoms with Crippen LogP contribution in [0, 0.1) is 10.1 Å². The van der Waals surface area contributed by atoms with E-state index in [2.05, 4.69) is 10.3 Å². The van der Waals surface area contributed by atoms with Crippen molar-refractivity contribution in [3.63, 3.8) is 0 Å². The second-order valence-electron chi connectivity index (χ2n) is 4.60. The number of aliphatic hydroxyl groups is 1. The summed E-state index contributed by atoms with van der Waals surface area (Å²) in [6.07, 6.45) is 3.30. The minimum Gasteiger partial charge on any atom is -0.388 e. The van der Waals surface area contributed by atoms with E-state index in [4.69, 9.17) is 0 Å². The van der Waals surface area contributed by atoms with Crippen LogP contribution < -0.4 is 5.32 Å². The molecule has 1 aromatic rings. The Kier molecular flexibility index (Phi) is 4.99. The Labute approximate surface area is 110 Å². The normalized spacial score (nSPS) is 13.8. The number of nitrogens with zero attached hydrogens (tertiary/aromatic N) is 3. The quantitative estimate of drug-likeness (QED) is 0.552. The van der Waals surface area contributed by atoms with Crippen LogP contribution in [0.5, 0.6) is 0 Å². The van der Waals surface area contributed by atoms with Crippen LogP contribution in [0.15, 0.2) is 12.5 Å². The molecule has 0 aliphatic carbocycles. The van der Waals surface area contributed by atoms with E-state index in [1.54, 1.807) is 6.92 Å². The zero-order valence-corrected chi connectivity index (χ0v) is 11.0. The molecule has 0 aliphatic heterocycles. The van der Waals surface area contributed by atoms with Crippen LogP contribution in [0.3, 0.4) is 0 Å². The zero-order chi connectivity index (χ0) is 14.5. The van der Waals surface area contributed by atoms with Crippen molar-refractivity contribution in [2.75, 3.05) is 6.54 Å². The average molecular weight is 270 g/mol. The Bertz CT molecular complexity index is 455. The van der Waals surface area contributed by atoms with E-state index < -0.39 is 10.5 Å². The highest BCUT2D eigenvalue weighted by Gasteiger charge is 2.18. The van der Waals surface area contributed by atoms with E-state index in [0.29, 0.717) is 13.0 Å². The predicted molar refractivity (Wildman–Crippen MR) is 67.4 cm³/mol. The highest BCUT2D eigenvalue weighted by atomic mass is 16.6. The van der Waals surface area contributed by atoms with Crippen LogP contribution in [-0.4, -0.2) is 37.6 Å². The number of hydrogen-bond acceptors (Lipinski definition) is 5. The summed E-state index contributed by atoms with van der Waals surface area (Å²) in [5.74, 6) is -0.459. The maximum Gasteiger partial charge on any atom is 0.381 e. The first kappa shape index (κ1) is 15.1. The van der Waals surface area contributed by atoms with E-state index in [1.807, 2.05) is 6.92 Å². The summed E-state index contributed by atoms with van der Waals surface area (Å²) in [5.41, 5.74) is -0.913.